The minimum atomic E-state index is 0.146. The summed E-state index contributed by atoms with van der Waals surface area (Å²) in [5, 5.41) is 0.935. The lowest BCUT2D eigenvalue weighted by atomic mass is 10.1. The Morgan fingerprint density at radius 1 is 1.28 bits per heavy atom. The number of carbonyl (C=O) groups is 1. The van der Waals surface area contributed by atoms with E-state index in [9.17, 15) is 4.79 Å². The smallest absolute Gasteiger partial charge is 0.258 e. The second-order valence-corrected chi connectivity index (χ2v) is 5.44. The fourth-order valence-corrected chi connectivity index (χ4v) is 3.47. The van der Waals surface area contributed by atoms with E-state index in [1.807, 2.05) is 29.2 Å². The molecule has 2 aliphatic rings. The Morgan fingerprint density at radius 3 is 2.94 bits per heavy atom. The van der Waals surface area contributed by atoms with Gasteiger partial charge in [-0.05, 0) is 31.2 Å². The summed E-state index contributed by atoms with van der Waals surface area (Å²) >= 11 is 0. The average molecular weight is 241 g/mol. The maximum absolute atomic E-state index is 12.6. The van der Waals surface area contributed by atoms with Crippen LogP contribution < -0.4 is 0 Å². The number of para-hydroxylation sites is 1. The van der Waals surface area contributed by atoms with Crippen LogP contribution in [0.4, 0.5) is 0 Å². The molecule has 1 saturated heterocycles. The van der Waals surface area contributed by atoms with Crippen LogP contribution in [0.5, 0.6) is 0 Å². The second-order valence-electron chi connectivity index (χ2n) is 5.44. The van der Waals surface area contributed by atoms with Crippen LogP contribution in [-0.4, -0.2) is 23.4 Å². The number of hydrogen-bond acceptors (Lipinski definition) is 2. The molecule has 1 amide bonds. The third-order valence-corrected chi connectivity index (χ3v) is 4.38. The van der Waals surface area contributed by atoms with Gasteiger partial charge in [0.2, 0.25) is 0 Å². The lowest BCUT2D eigenvalue weighted by Crippen LogP contribution is -2.37. The van der Waals surface area contributed by atoms with E-state index in [-0.39, 0.29) is 5.91 Å². The maximum Gasteiger partial charge on any atom is 0.258 e. The summed E-state index contributed by atoms with van der Waals surface area (Å²) in [6.07, 6.45) is 5.27. The quantitative estimate of drug-likeness (QED) is 0.768. The molecule has 18 heavy (non-hydrogen) atoms. The first-order valence-electron chi connectivity index (χ1n) is 6.60. The molecule has 0 radical (unpaired) electrons. The van der Waals surface area contributed by atoms with E-state index in [0.717, 1.165) is 29.0 Å². The zero-order chi connectivity index (χ0) is 12.1. The highest BCUT2D eigenvalue weighted by atomic mass is 16.3. The number of amides is 1. The molecule has 2 heterocycles. The first kappa shape index (κ1) is 10.2. The summed E-state index contributed by atoms with van der Waals surface area (Å²) < 4.78 is 5.46. The van der Waals surface area contributed by atoms with Crippen molar-refractivity contribution in [2.45, 2.75) is 25.3 Å². The zero-order valence-corrected chi connectivity index (χ0v) is 10.1. The molecule has 2 unspecified atom stereocenters. The monoisotopic (exact) mass is 241 g/mol. The minimum Gasteiger partial charge on any atom is -0.463 e. The number of fused-ring (bicyclic) bond motifs is 3. The predicted molar refractivity (Wildman–Crippen MR) is 68.4 cm³/mol. The Hall–Kier alpha value is -1.77. The van der Waals surface area contributed by atoms with Gasteiger partial charge in [-0.2, -0.15) is 0 Å². The van der Waals surface area contributed by atoms with E-state index < -0.39 is 0 Å². The highest BCUT2D eigenvalue weighted by Crippen LogP contribution is 2.38. The molecular weight excluding hydrogens is 226 g/mol. The Bertz CT molecular complexity index is 616. The van der Waals surface area contributed by atoms with Crippen LogP contribution in [0.2, 0.25) is 0 Å². The van der Waals surface area contributed by atoms with Gasteiger partial charge in [0.25, 0.3) is 5.91 Å². The number of rotatable bonds is 1. The lowest BCUT2D eigenvalue weighted by Gasteiger charge is -2.26. The lowest BCUT2D eigenvalue weighted by molar-refractivity contribution is 0.0704. The van der Waals surface area contributed by atoms with Crippen molar-refractivity contribution in [3.63, 3.8) is 0 Å². The van der Waals surface area contributed by atoms with Crippen molar-refractivity contribution < 1.29 is 9.21 Å². The van der Waals surface area contributed by atoms with Crippen molar-refractivity contribution in [3.05, 3.63) is 36.1 Å². The van der Waals surface area contributed by atoms with Crippen molar-refractivity contribution in [2.24, 2.45) is 5.92 Å². The zero-order valence-electron chi connectivity index (χ0n) is 10.1. The van der Waals surface area contributed by atoms with Gasteiger partial charge >= 0.3 is 0 Å². The van der Waals surface area contributed by atoms with Crippen LogP contribution in [0.25, 0.3) is 11.0 Å². The Kier molecular flexibility index (Phi) is 2.04. The maximum atomic E-state index is 12.6. The van der Waals surface area contributed by atoms with Crippen LogP contribution in [0.1, 0.15) is 29.6 Å². The molecule has 0 N–H and O–H groups in total. The second kappa shape index (κ2) is 3.61. The molecule has 4 rings (SSSR count). The van der Waals surface area contributed by atoms with Gasteiger partial charge in [-0.25, -0.2) is 0 Å². The van der Waals surface area contributed by atoms with Crippen LogP contribution in [0.15, 0.2) is 34.9 Å². The molecule has 1 aromatic carbocycles. The summed E-state index contributed by atoms with van der Waals surface area (Å²) in [5.41, 5.74) is 1.52. The topological polar surface area (TPSA) is 33.5 Å². The Balaban J connectivity index is 1.72. The molecule has 1 aromatic heterocycles. The van der Waals surface area contributed by atoms with E-state index in [1.165, 1.54) is 19.3 Å². The summed E-state index contributed by atoms with van der Waals surface area (Å²) in [6.45, 7) is 0.934. The number of hydrogen-bond donors (Lipinski definition) is 0. The molecule has 3 heteroatoms. The molecular formula is C15H15NO2. The Labute approximate surface area is 105 Å². The van der Waals surface area contributed by atoms with Gasteiger partial charge in [-0.3, -0.25) is 4.79 Å². The van der Waals surface area contributed by atoms with Crippen molar-refractivity contribution in [3.8, 4) is 0 Å². The molecule has 2 bridgehead atoms. The molecule has 1 saturated carbocycles. The van der Waals surface area contributed by atoms with Gasteiger partial charge < -0.3 is 9.32 Å². The molecule has 3 nitrogen and oxygen atoms in total. The first-order valence-corrected chi connectivity index (χ1v) is 6.60. The van der Waals surface area contributed by atoms with Crippen molar-refractivity contribution in [1.29, 1.82) is 0 Å². The number of likely N-dealkylation sites (tertiary alicyclic amines) is 1. The average Bonchev–Trinajstić information content (AvgIpc) is 3.12. The van der Waals surface area contributed by atoms with Gasteiger partial charge in [0.1, 0.15) is 11.8 Å². The predicted octanol–water partition coefficient (Wildman–Crippen LogP) is 3.06. The van der Waals surface area contributed by atoms with E-state index in [4.69, 9.17) is 4.42 Å². The normalized spacial score (nSPS) is 26.1. The number of carbonyl (C=O) groups excluding carboxylic acids is 1. The van der Waals surface area contributed by atoms with Crippen molar-refractivity contribution in [1.82, 2.24) is 4.90 Å². The van der Waals surface area contributed by atoms with Crippen LogP contribution >= 0.6 is 0 Å². The van der Waals surface area contributed by atoms with Crippen molar-refractivity contribution in [2.75, 3.05) is 6.54 Å². The van der Waals surface area contributed by atoms with Crippen molar-refractivity contribution >= 4 is 16.9 Å². The van der Waals surface area contributed by atoms with Gasteiger partial charge in [-0.1, -0.05) is 18.2 Å². The largest absolute Gasteiger partial charge is 0.463 e. The molecule has 1 aliphatic carbocycles. The molecule has 2 fully saturated rings. The SMILES string of the molecule is O=C(c1coc2ccccc12)N1CC2CCC1C2. The van der Waals surface area contributed by atoms with E-state index in [0.29, 0.717) is 6.04 Å². The number of benzene rings is 1. The summed E-state index contributed by atoms with van der Waals surface area (Å²) in [5.74, 6) is 0.879. The highest BCUT2D eigenvalue weighted by Gasteiger charge is 2.40. The number of piperidine rings is 1. The summed E-state index contributed by atoms with van der Waals surface area (Å²) in [6, 6.07) is 8.21. The summed E-state index contributed by atoms with van der Waals surface area (Å²) in [7, 11) is 0. The molecule has 2 atom stereocenters. The highest BCUT2D eigenvalue weighted by molar-refractivity contribution is 6.06. The van der Waals surface area contributed by atoms with Gasteiger partial charge in [0, 0.05) is 18.0 Å². The fourth-order valence-electron chi connectivity index (χ4n) is 3.47. The van der Waals surface area contributed by atoms with Gasteiger partial charge in [-0.15, -0.1) is 0 Å². The third kappa shape index (κ3) is 1.33. The van der Waals surface area contributed by atoms with E-state index in [1.54, 1.807) is 6.26 Å². The molecule has 1 aliphatic heterocycles. The molecule has 0 spiro atoms. The van der Waals surface area contributed by atoms with Crippen LogP contribution in [-0.2, 0) is 0 Å². The number of nitrogens with zero attached hydrogens (tertiary/aromatic N) is 1. The standard InChI is InChI=1S/C15H15NO2/c17-15(16-8-10-5-6-11(16)7-10)13-9-18-14-4-2-1-3-12(13)14/h1-4,9-11H,5-8H2. The minimum absolute atomic E-state index is 0.146. The Morgan fingerprint density at radius 2 is 2.17 bits per heavy atom. The first-order chi connectivity index (χ1) is 8.83. The van der Waals surface area contributed by atoms with Crippen LogP contribution in [0.3, 0.4) is 0 Å². The fraction of sp³-hybridized carbons (Fsp3) is 0.400. The van der Waals surface area contributed by atoms with E-state index in [2.05, 4.69) is 0 Å². The number of furan rings is 1. The molecule has 2 aromatic rings. The van der Waals surface area contributed by atoms with Gasteiger partial charge in [0.05, 0.1) is 5.56 Å². The molecule has 92 valence electrons. The van der Waals surface area contributed by atoms with Gasteiger partial charge in [0.15, 0.2) is 0 Å². The summed E-state index contributed by atoms with van der Waals surface area (Å²) in [4.78, 5) is 14.6. The van der Waals surface area contributed by atoms with Crippen LogP contribution in [0, 0.1) is 5.92 Å². The third-order valence-electron chi connectivity index (χ3n) is 4.38. The van der Waals surface area contributed by atoms with E-state index >= 15 is 0 Å².